The lowest BCUT2D eigenvalue weighted by Gasteiger charge is -2.31. The maximum absolute atomic E-state index is 13.5. The van der Waals surface area contributed by atoms with Crippen molar-refractivity contribution >= 4 is 17.5 Å². The number of phenols is 1. The average molecular weight is 563 g/mol. The normalized spacial score (nSPS) is 14.8. The Hall–Kier alpha value is -4.62. The Morgan fingerprint density at radius 1 is 0.929 bits per heavy atom. The van der Waals surface area contributed by atoms with Crippen LogP contribution in [0.2, 0.25) is 0 Å². The van der Waals surface area contributed by atoms with Gasteiger partial charge in [0.2, 0.25) is 5.91 Å². The highest BCUT2D eigenvalue weighted by molar-refractivity contribution is 6.01. The molecule has 2 amide bonds. The molecule has 0 bridgehead atoms. The number of hydrogen-bond acceptors (Lipinski definition) is 5. The third-order valence-electron chi connectivity index (χ3n) is 7.89. The van der Waals surface area contributed by atoms with Crippen molar-refractivity contribution in [2.45, 2.75) is 51.7 Å². The first kappa shape index (κ1) is 28.9. The van der Waals surface area contributed by atoms with Gasteiger partial charge < -0.3 is 26.8 Å². The number of carbonyl (C=O) groups is 2. The lowest BCUT2D eigenvalue weighted by molar-refractivity contribution is -0.123. The van der Waals surface area contributed by atoms with Gasteiger partial charge in [0, 0.05) is 13.1 Å². The summed E-state index contributed by atoms with van der Waals surface area (Å²) in [4.78, 5) is 26.9. The van der Waals surface area contributed by atoms with Crippen molar-refractivity contribution in [3.63, 3.8) is 0 Å². The first-order valence-corrected chi connectivity index (χ1v) is 14.4. The number of nitrogens with one attached hydrogen (secondary N) is 3. The van der Waals surface area contributed by atoms with Crippen LogP contribution in [-0.4, -0.2) is 29.5 Å². The van der Waals surface area contributed by atoms with E-state index in [1.807, 2.05) is 68.4 Å². The van der Waals surface area contributed by atoms with E-state index in [0.717, 1.165) is 44.6 Å². The van der Waals surface area contributed by atoms with E-state index in [1.165, 1.54) is 0 Å². The number of aryl methyl sites for hydroxylation is 2. The van der Waals surface area contributed by atoms with E-state index < -0.39 is 6.04 Å². The highest BCUT2D eigenvalue weighted by Gasteiger charge is 2.28. The van der Waals surface area contributed by atoms with Crippen molar-refractivity contribution in [1.82, 2.24) is 10.6 Å². The molecule has 0 saturated carbocycles. The molecule has 0 saturated heterocycles. The standard InChI is InChI=1S/C35H38N4O3/c1-22-15-27(40)16-23(2)28(22)20-31(36)35(42)39-32-13-14-37-33-29(32)18-26(17-24-9-5-3-6-10-24)19-30(33)34(41)38-21-25-11-7-4-8-12-25/h3-12,15-16,18-19,31-32,37,40H,13-14,17,20-21,36H2,1-2H3,(H,38,41)(H,39,42)/t31-,32+/m0/s1. The molecule has 0 aliphatic carbocycles. The van der Waals surface area contributed by atoms with Crippen molar-refractivity contribution in [2.24, 2.45) is 5.73 Å². The molecule has 4 aromatic rings. The summed E-state index contributed by atoms with van der Waals surface area (Å²) in [5, 5.41) is 19.6. The van der Waals surface area contributed by atoms with E-state index in [-0.39, 0.29) is 23.6 Å². The second-order valence-electron chi connectivity index (χ2n) is 11.1. The third-order valence-corrected chi connectivity index (χ3v) is 7.89. The van der Waals surface area contributed by atoms with Crippen molar-refractivity contribution in [3.8, 4) is 5.75 Å². The minimum absolute atomic E-state index is 0.167. The van der Waals surface area contributed by atoms with E-state index in [4.69, 9.17) is 5.73 Å². The van der Waals surface area contributed by atoms with Crippen LogP contribution in [0, 0.1) is 13.8 Å². The molecule has 216 valence electrons. The summed E-state index contributed by atoms with van der Waals surface area (Å²) in [6.07, 6.45) is 1.69. The zero-order chi connectivity index (χ0) is 29.6. The fraction of sp³-hybridized carbons (Fsp3) is 0.257. The van der Waals surface area contributed by atoms with Gasteiger partial charge in [-0.15, -0.1) is 0 Å². The number of hydrogen-bond donors (Lipinski definition) is 5. The molecule has 0 radical (unpaired) electrons. The predicted octanol–water partition coefficient (Wildman–Crippen LogP) is 5.07. The van der Waals surface area contributed by atoms with E-state index in [2.05, 4.69) is 34.1 Å². The summed E-state index contributed by atoms with van der Waals surface area (Å²) >= 11 is 0. The maximum Gasteiger partial charge on any atom is 0.253 e. The number of nitrogens with two attached hydrogens (primary N) is 1. The molecule has 0 aromatic heterocycles. The summed E-state index contributed by atoms with van der Waals surface area (Å²) < 4.78 is 0. The fourth-order valence-electron chi connectivity index (χ4n) is 5.72. The predicted molar refractivity (Wildman–Crippen MR) is 167 cm³/mol. The SMILES string of the molecule is Cc1cc(O)cc(C)c1C[C@H](N)C(=O)N[C@@H]1CCNc2c(C(=O)NCc3ccccc3)cc(Cc3ccccc3)cc21. The molecule has 5 rings (SSSR count). The fourth-order valence-corrected chi connectivity index (χ4v) is 5.72. The van der Waals surface area contributed by atoms with E-state index in [0.29, 0.717) is 37.9 Å². The molecule has 4 aromatic carbocycles. The Morgan fingerprint density at radius 3 is 2.24 bits per heavy atom. The second-order valence-corrected chi connectivity index (χ2v) is 11.1. The van der Waals surface area contributed by atoms with E-state index in [1.54, 1.807) is 12.1 Å². The van der Waals surface area contributed by atoms with Gasteiger partial charge >= 0.3 is 0 Å². The number of fused-ring (bicyclic) bond motifs is 1. The Morgan fingerprint density at radius 2 is 1.57 bits per heavy atom. The quantitative estimate of drug-likeness (QED) is 0.195. The summed E-state index contributed by atoms with van der Waals surface area (Å²) in [7, 11) is 0. The monoisotopic (exact) mass is 562 g/mol. The molecule has 0 fully saturated rings. The van der Waals surface area contributed by atoms with Crippen molar-refractivity contribution in [1.29, 1.82) is 0 Å². The molecule has 0 unspecified atom stereocenters. The minimum Gasteiger partial charge on any atom is -0.508 e. The van der Waals surface area contributed by atoms with E-state index >= 15 is 0 Å². The summed E-state index contributed by atoms with van der Waals surface area (Å²) in [6.45, 7) is 4.85. The van der Waals surface area contributed by atoms with Crippen LogP contribution in [0.5, 0.6) is 5.75 Å². The molecular formula is C35H38N4O3. The highest BCUT2D eigenvalue weighted by atomic mass is 16.3. The number of phenolic OH excluding ortho intramolecular Hbond substituents is 1. The van der Waals surface area contributed by atoms with Crippen LogP contribution in [0.15, 0.2) is 84.9 Å². The molecule has 2 atom stereocenters. The van der Waals surface area contributed by atoms with E-state index in [9.17, 15) is 14.7 Å². The molecule has 0 spiro atoms. The van der Waals surface area contributed by atoms with Crippen LogP contribution in [0.25, 0.3) is 0 Å². The third kappa shape index (κ3) is 6.81. The molecule has 7 heteroatoms. The van der Waals surface area contributed by atoms with Crippen LogP contribution < -0.4 is 21.7 Å². The molecule has 42 heavy (non-hydrogen) atoms. The van der Waals surface area contributed by atoms with Crippen LogP contribution in [0.4, 0.5) is 5.69 Å². The van der Waals surface area contributed by atoms with Gasteiger partial charge in [-0.3, -0.25) is 9.59 Å². The topological polar surface area (TPSA) is 116 Å². The number of anilines is 1. The lowest BCUT2D eigenvalue weighted by atomic mass is 9.90. The van der Waals surface area contributed by atoms with Gasteiger partial charge in [-0.2, -0.15) is 0 Å². The van der Waals surface area contributed by atoms with Gasteiger partial charge in [-0.25, -0.2) is 0 Å². The molecular weight excluding hydrogens is 524 g/mol. The lowest BCUT2D eigenvalue weighted by Crippen LogP contribution is -2.45. The van der Waals surface area contributed by atoms with Gasteiger partial charge in [-0.05, 0) is 90.3 Å². The molecule has 7 nitrogen and oxygen atoms in total. The number of aromatic hydroxyl groups is 1. The molecule has 1 aliphatic heterocycles. The number of amides is 2. The second kappa shape index (κ2) is 12.9. The Labute approximate surface area is 247 Å². The first-order chi connectivity index (χ1) is 20.3. The van der Waals surface area contributed by atoms with Gasteiger partial charge in [0.25, 0.3) is 5.91 Å². The largest absolute Gasteiger partial charge is 0.508 e. The van der Waals surface area contributed by atoms with Gasteiger partial charge in [0.15, 0.2) is 0 Å². The van der Waals surface area contributed by atoms with Crippen LogP contribution in [0.3, 0.4) is 0 Å². The van der Waals surface area contributed by atoms with Crippen molar-refractivity contribution in [3.05, 3.63) is 129 Å². The summed E-state index contributed by atoms with van der Waals surface area (Å²) in [5.74, 6) is -0.212. The number of benzene rings is 4. The number of carbonyl (C=O) groups excluding carboxylic acids is 2. The van der Waals surface area contributed by atoms with Crippen LogP contribution >= 0.6 is 0 Å². The zero-order valence-corrected chi connectivity index (χ0v) is 24.1. The Bertz CT molecular complexity index is 1550. The van der Waals surface area contributed by atoms with Gasteiger partial charge in [0.1, 0.15) is 5.75 Å². The van der Waals surface area contributed by atoms with Crippen molar-refractivity contribution < 1.29 is 14.7 Å². The van der Waals surface area contributed by atoms with Gasteiger partial charge in [0.05, 0.1) is 23.3 Å². The molecule has 6 N–H and O–H groups in total. The smallest absolute Gasteiger partial charge is 0.253 e. The Balaban J connectivity index is 1.41. The zero-order valence-electron chi connectivity index (χ0n) is 24.1. The minimum atomic E-state index is -0.758. The summed E-state index contributed by atoms with van der Waals surface area (Å²) in [6, 6.07) is 26.3. The molecule has 1 aliphatic rings. The first-order valence-electron chi connectivity index (χ1n) is 14.4. The van der Waals surface area contributed by atoms with Crippen molar-refractivity contribution in [2.75, 3.05) is 11.9 Å². The molecule has 1 heterocycles. The van der Waals surface area contributed by atoms with Crippen LogP contribution in [0.1, 0.15) is 61.8 Å². The summed E-state index contributed by atoms with van der Waals surface area (Å²) in [5.41, 5.74) is 14.5. The maximum atomic E-state index is 13.5. The number of rotatable bonds is 9. The van der Waals surface area contributed by atoms with Gasteiger partial charge in [-0.1, -0.05) is 66.7 Å². The van der Waals surface area contributed by atoms with Crippen LogP contribution in [-0.2, 0) is 24.2 Å². The highest BCUT2D eigenvalue weighted by Crippen LogP contribution is 2.35. The Kier molecular flexibility index (Phi) is 8.88. The average Bonchev–Trinajstić information content (AvgIpc) is 2.98.